The third-order valence-corrected chi connectivity index (χ3v) is 3.73. The molecule has 0 spiro atoms. The molecule has 0 aliphatic heterocycles. The number of rotatable bonds is 2. The third kappa shape index (κ3) is 1.27. The molecule has 1 aliphatic carbocycles. The summed E-state index contributed by atoms with van der Waals surface area (Å²) >= 11 is 13.2. The van der Waals surface area contributed by atoms with E-state index in [1.165, 1.54) is 11.3 Å². The van der Waals surface area contributed by atoms with Gasteiger partial charge in [0.25, 0.3) is 0 Å². The van der Waals surface area contributed by atoms with E-state index in [4.69, 9.17) is 27.9 Å². The molecule has 0 saturated heterocycles. The SMILES string of the molecule is COC1(c2cc(Cl)sc2Cl)CC1. The topological polar surface area (TPSA) is 9.23 Å². The molecule has 1 aliphatic rings. The second-order valence-electron chi connectivity index (χ2n) is 2.94. The van der Waals surface area contributed by atoms with Gasteiger partial charge in [-0.3, -0.25) is 0 Å². The summed E-state index contributed by atoms with van der Waals surface area (Å²) in [5.41, 5.74) is 0.947. The van der Waals surface area contributed by atoms with Crippen LogP contribution in [0.5, 0.6) is 0 Å². The van der Waals surface area contributed by atoms with Crippen LogP contribution in [-0.2, 0) is 10.3 Å². The lowest BCUT2D eigenvalue weighted by Gasteiger charge is -2.11. The van der Waals surface area contributed by atoms with Gasteiger partial charge in [-0.25, -0.2) is 0 Å². The summed E-state index contributed by atoms with van der Waals surface area (Å²) < 4.78 is 6.89. The zero-order chi connectivity index (χ0) is 8.77. The molecule has 1 heterocycles. The lowest BCUT2D eigenvalue weighted by Crippen LogP contribution is -2.07. The van der Waals surface area contributed by atoms with Crippen molar-refractivity contribution >= 4 is 34.5 Å². The van der Waals surface area contributed by atoms with Crippen LogP contribution in [0.2, 0.25) is 8.67 Å². The number of halogens is 2. The molecular weight excluding hydrogens is 215 g/mol. The molecule has 0 atom stereocenters. The molecule has 0 aromatic carbocycles. The van der Waals surface area contributed by atoms with E-state index in [0.29, 0.717) is 0 Å². The highest BCUT2D eigenvalue weighted by Crippen LogP contribution is 2.53. The number of thiophene rings is 1. The molecule has 1 saturated carbocycles. The average molecular weight is 223 g/mol. The molecule has 0 radical (unpaired) electrons. The molecule has 2 rings (SSSR count). The number of ether oxygens (including phenoxy) is 1. The fourth-order valence-electron chi connectivity index (χ4n) is 1.35. The van der Waals surface area contributed by atoms with Crippen molar-refractivity contribution in [3.63, 3.8) is 0 Å². The van der Waals surface area contributed by atoms with Crippen molar-refractivity contribution in [2.24, 2.45) is 0 Å². The Labute approximate surface area is 85.2 Å². The van der Waals surface area contributed by atoms with Crippen LogP contribution in [0, 0.1) is 0 Å². The molecule has 4 heteroatoms. The van der Waals surface area contributed by atoms with E-state index < -0.39 is 0 Å². The molecular formula is C8H8Cl2OS. The van der Waals surface area contributed by atoms with Gasteiger partial charge in [0.05, 0.1) is 9.94 Å². The van der Waals surface area contributed by atoms with Crippen molar-refractivity contribution in [3.8, 4) is 0 Å². The molecule has 1 nitrogen and oxygen atoms in total. The van der Waals surface area contributed by atoms with Gasteiger partial charge in [0.2, 0.25) is 0 Å². The minimum atomic E-state index is -0.110. The lowest BCUT2D eigenvalue weighted by molar-refractivity contribution is 0.0794. The van der Waals surface area contributed by atoms with Crippen LogP contribution in [-0.4, -0.2) is 7.11 Å². The largest absolute Gasteiger partial charge is 0.373 e. The van der Waals surface area contributed by atoms with Crippen molar-refractivity contribution in [1.82, 2.24) is 0 Å². The third-order valence-electron chi connectivity index (χ3n) is 2.24. The maximum absolute atomic E-state index is 6.00. The minimum absolute atomic E-state index is 0.110. The van der Waals surface area contributed by atoms with Gasteiger partial charge in [-0.15, -0.1) is 11.3 Å². The van der Waals surface area contributed by atoms with Gasteiger partial charge in [0.15, 0.2) is 0 Å². The summed E-state index contributed by atoms with van der Waals surface area (Å²) in [6.07, 6.45) is 2.10. The summed E-state index contributed by atoms with van der Waals surface area (Å²) in [6, 6.07) is 1.91. The highest BCUT2D eigenvalue weighted by Gasteiger charge is 2.46. The summed E-state index contributed by atoms with van der Waals surface area (Å²) in [6.45, 7) is 0. The monoisotopic (exact) mass is 222 g/mol. The maximum atomic E-state index is 6.00. The van der Waals surface area contributed by atoms with Crippen LogP contribution in [0.3, 0.4) is 0 Å². The summed E-state index contributed by atoms with van der Waals surface area (Å²) in [5, 5.41) is 0. The number of methoxy groups -OCH3 is 1. The average Bonchev–Trinajstić information content (AvgIpc) is 2.74. The van der Waals surface area contributed by atoms with Crippen molar-refractivity contribution in [2.75, 3.05) is 7.11 Å². The number of hydrogen-bond donors (Lipinski definition) is 0. The van der Waals surface area contributed by atoms with Crippen LogP contribution >= 0.6 is 34.5 Å². The Morgan fingerprint density at radius 3 is 2.50 bits per heavy atom. The first-order chi connectivity index (χ1) is 5.68. The van der Waals surface area contributed by atoms with E-state index >= 15 is 0 Å². The van der Waals surface area contributed by atoms with Crippen LogP contribution < -0.4 is 0 Å². The lowest BCUT2D eigenvalue weighted by atomic mass is 10.2. The van der Waals surface area contributed by atoms with Crippen LogP contribution in [0.25, 0.3) is 0 Å². The Morgan fingerprint density at radius 1 is 1.50 bits per heavy atom. The van der Waals surface area contributed by atoms with Gasteiger partial charge >= 0.3 is 0 Å². The molecule has 0 amide bonds. The van der Waals surface area contributed by atoms with E-state index in [9.17, 15) is 0 Å². The summed E-state index contributed by atoms with van der Waals surface area (Å²) in [5.74, 6) is 0. The van der Waals surface area contributed by atoms with Crippen LogP contribution in [0.4, 0.5) is 0 Å². The molecule has 1 aromatic rings. The van der Waals surface area contributed by atoms with Gasteiger partial charge < -0.3 is 4.74 Å². The molecule has 0 unspecified atom stereocenters. The van der Waals surface area contributed by atoms with Crippen LogP contribution in [0.15, 0.2) is 6.07 Å². The van der Waals surface area contributed by atoms with E-state index in [1.807, 2.05) is 6.07 Å². The first kappa shape index (κ1) is 8.82. The quantitative estimate of drug-likeness (QED) is 0.742. The normalized spacial score (nSPS) is 19.6. The first-order valence-electron chi connectivity index (χ1n) is 3.68. The Kier molecular flexibility index (Phi) is 2.11. The van der Waals surface area contributed by atoms with E-state index in [2.05, 4.69) is 0 Å². The smallest absolute Gasteiger partial charge is 0.100 e. The van der Waals surface area contributed by atoms with Crippen LogP contribution in [0.1, 0.15) is 18.4 Å². The second kappa shape index (κ2) is 2.88. The standard InChI is InChI=1S/C8H8Cl2OS/c1-11-8(2-3-8)5-4-6(9)12-7(5)10/h4H,2-3H2,1H3. The number of hydrogen-bond acceptors (Lipinski definition) is 2. The zero-order valence-electron chi connectivity index (χ0n) is 6.56. The Morgan fingerprint density at radius 2 is 2.17 bits per heavy atom. The highest BCUT2D eigenvalue weighted by molar-refractivity contribution is 7.20. The molecule has 66 valence electrons. The van der Waals surface area contributed by atoms with Gasteiger partial charge in [0.1, 0.15) is 4.34 Å². The van der Waals surface area contributed by atoms with Crippen molar-refractivity contribution in [1.29, 1.82) is 0 Å². The molecule has 0 N–H and O–H groups in total. The zero-order valence-corrected chi connectivity index (χ0v) is 8.89. The molecule has 1 fully saturated rings. The Hall–Kier alpha value is 0.240. The summed E-state index contributed by atoms with van der Waals surface area (Å²) in [7, 11) is 1.72. The maximum Gasteiger partial charge on any atom is 0.100 e. The molecule has 1 aromatic heterocycles. The van der Waals surface area contributed by atoms with Gasteiger partial charge in [0, 0.05) is 12.7 Å². The highest BCUT2D eigenvalue weighted by atomic mass is 35.5. The van der Waals surface area contributed by atoms with E-state index in [1.54, 1.807) is 7.11 Å². The minimum Gasteiger partial charge on any atom is -0.373 e. The van der Waals surface area contributed by atoms with Crippen molar-refractivity contribution in [3.05, 3.63) is 20.3 Å². The second-order valence-corrected chi connectivity index (χ2v) is 5.22. The van der Waals surface area contributed by atoms with Crippen molar-refractivity contribution < 1.29 is 4.74 Å². The van der Waals surface area contributed by atoms with Crippen molar-refractivity contribution in [2.45, 2.75) is 18.4 Å². The van der Waals surface area contributed by atoms with E-state index in [-0.39, 0.29) is 5.60 Å². The Balaban J connectivity index is 2.39. The van der Waals surface area contributed by atoms with Gasteiger partial charge in [-0.05, 0) is 18.9 Å². The first-order valence-corrected chi connectivity index (χ1v) is 5.26. The fraction of sp³-hybridized carbons (Fsp3) is 0.500. The predicted molar refractivity (Wildman–Crippen MR) is 52.3 cm³/mol. The fourth-order valence-corrected chi connectivity index (χ4v) is 2.99. The van der Waals surface area contributed by atoms with E-state index in [0.717, 1.165) is 27.1 Å². The molecule has 12 heavy (non-hydrogen) atoms. The predicted octanol–water partition coefficient (Wildman–Crippen LogP) is 3.69. The van der Waals surface area contributed by atoms with Gasteiger partial charge in [-0.1, -0.05) is 23.2 Å². The Bertz CT molecular complexity index is 304. The van der Waals surface area contributed by atoms with Gasteiger partial charge in [-0.2, -0.15) is 0 Å². The molecule has 0 bridgehead atoms. The summed E-state index contributed by atoms with van der Waals surface area (Å²) in [4.78, 5) is 0.